The highest BCUT2D eigenvalue weighted by atomic mass is 16.6. The van der Waals surface area contributed by atoms with E-state index in [4.69, 9.17) is 13.9 Å². The van der Waals surface area contributed by atoms with Gasteiger partial charge in [0.2, 0.25) is 0 Å². The summed E-state index contributed by atoms with van der Waals surface area (Å²) in [5.74, 6) is 1.18. The van der Waals surface area contributed by atoms with Crippen molar-refractivity contribution in [2.24, 2.45) is 0 Å². The summed E-state index contributed by atoms with van der Waals surface area (Å²) in [6.07, 6.45) is 0.443. The molecule has 0 fully saturated rings. The SMILES string of the molecule is COC(=O)C(Cc1ccccc1)Oc1ccc(-c2ccc(-c3c(Cc4ccccc4)oc4ccccc34)cc2)cc1. The van der Waals surface area contributed by atoms with E-state index in [2.05, 4.69) is 60.7 Å². The quantitative estimate of drug-likeness (QED) is 0.173. The van der Waals surface area contributed by atoms with Gasteiger partial charge in [0, 0.05) is 23.8 Å². The zero-order valence-corrected chi connectivity index (χ0v) is 22.8. The van der Waals surface area contributed by atoms with Gasteiger partial charge in [-0.2, -0.15) is 0 Å². The van der Waals surface area contributed by atoms with Gasteiger partial charge in [0.1, 0.15) is 17.1 Å². The Labute approximate surface area is 239 Å². The normalized spacial score (nSPS) is 11.7. The number of esters is 1. The fourth-order valence-electron chi connectivity index (χ4n) is 5.17. The van der Waals surface area contributed by atoms with Gasteiger partial charge in [0.05, 0.1) is 7.11 Å². The van der Waals surface area contributed by atoms with E-state index in [1.54, 1.807) is 0 Å². The van der Waals surface area contributed by atoms with E-state index in [0.29, 0.717) is 12.2 Å². The van der Waals surface area contributed by atoms with Crippen LogP contribution < -0.4 is 4.74 Å². The Bertz CT molecular complexity index is 1740. The van der Waals surface area contributed by atoms with Gasteiger partial charge < -0.3 is 13.9 Å². The molecule has 1 unspecified atom stereocenters. The molecule has 0 aliphatic rings. The summed E-state index contributed by atoms with van der Waals surface area (Å²) in [5, 5.41) is 1.11. The largest absolute Gasteiger partial charge is 0.478 e. The lowest BCUT2D eigenvalue weighted by atomic mass is 9.96. The van der Waals surface area contributed by atoms with Gasteiger partial charge >= 0.3 is 5.97 Å². The zero-order valence-electron chi connectivity index (χ0n) is 22.8. The molecule has 0 aliphatic carbocycles. The van der Waals surface area contributed by atoms with E-state index in [-0.39, 0.29) is 0 Å². The molecule has 202 valence electrons. The summed E-state index contributed by atoms with van der Waals surface area (Å²) < 4.78 is 17.4. The number of hydrogen-bond acceptors (Lipinski definition) is 4. The highest BCUT2D eigenvalue weighted by molar-refractivity contribution is 5.96. The average Bonchev–Trinajstić information content (AvgIpc) is 3.39. The van der Waals surface area contributed by atoms with E-state index in [1.165, 1.54) is 12.7 Å². The minimum absolute atomic E-state index is 0.396. The minimum Gasteiger partial charge on any atom is -0.478 e. The van der Waals surface area contributed by atoms with Crippen LogP contribution in [0.4, 0.5) is 0 Å². The van der Waals surface area contributed by atoms with Crippen molar-refractivity contribution in [3.63, 3.8) is 0 Å². The molecule has 0 radical (unpaired) electrons. The van der Waals surface area contributed by atoms with Crippen LogP contribution in [0.25, 0.3) is 33.2 Å². The molecule has 4 nitrogen and oxygen atoms in total. The van der Waals surface area contributed by atoms with Crippen LogP contribution in [0, 0.1) is 0 Å². The number of hydrogen-bond donors (Lipinski definition) is 0. The van der Waals surface area contributed by atoms with Gasteiger partial charge in [-0.05, 0) is 46.0 Å². The van der Waals surface area contributed by atoms with Crippen molar-refractivity contribution in [2.45, 2.75) is 18.9 Å². The number of fused-ring (bicyclic) bond motifs is 1. The third-order valence-corrected chi connectivity index (χ3v) is 7.24. The average molecular weight is 539 g/mol. The maximum Gasteiger partial charge on any atom is 0.347 e. The lowest BCUT2D eigenvalue weighted by Crippen LogP contribution is -2.30. The van der Waals surface area contributed by atoms with Gasteiger partial charge in [0.25, 0.3) is 0 Å². The van der Waals surface area contributed by atoms with E-state index in [1.807, 2.05) is 72.8 Å². The van der Waals surface area contributed by atoms with Crippen molar-refractivity contribution in [1.82, 2.24) is 0 Å². The van der Waals surface area contributed by atoms with Crippen molar-refractivity contribution in [3.8, 4) is 28.0 Å². The highest BCUT2D eigenvalue weighted by Crippen LogP contribution is 2.37. The third-order valence-electron chi connectivity index (χ3n) is 7.24. The van der Waals surface area contributed by atoms with Crippen LogP contribution in [0.3, 0.4) is 0 Å². The summed E-state index contributed by atoms with van der Waals surface area (Å²) >= 11 is 0. The smallest absolute Gasteiger partial charge is 0.347 e. The molecule has 0 bridgehead atoms. The maximum atomic E-state index is 12.4. The van der Waals surface area contributed by atoms with Crippen LogP contribution >= 0.6 is 0 Å². The molecule has 41 heavy (non-hydrogen) atoms. The van der Waals surface area contributed by atoms with Gasteiger partial charge in [-0.1, -0.05) is 115 Å². The summed E-state index contributed by atoms with van der Waals surface area (Å²) in [5.41, 5.74) is 7.51. The Kier molecular flexibility index (Phi) is 7.63. The molecular weight excluding hydrogens is 508 g/mol. The van der Waals surface area contributed by atoms with Gasteiger partial charge in [-0.25, -0.2) is 4.79 Å². The predicted octanol–water partition coefficient (Wildman–Crippen LogP) is 8.52. The molecule has 0 aliphatic heterocycles. The Morgan fingerprint density at radius 1 is 0.659 bits per heavy atom. The molecule has 6 aromatic rings. The first-order chi connectivity index (χ1) is 20.2. The van der Waals surface area contributed by atoms with Crippen molar-refractivity contribution in [3.05, 3.63) is 150 Å². The summed E-state index contributed by atoms with van der Waals surface area (Å²) in [6.45, 7) is 0. The second kappa shape index (κ2) is 12.0. The topological polar surface area (TPSA) is 48.7 Å². The molecule has 6 rings (SSSR count). The molecular formula is C37H30O4. The third kappa shape index (κ3) is 5.92. The number of carbonyl (C=O) groups excluding carboxylic acids is 1. The molecule has 0 N–H and O–H groups in total. The summed E-state index contributed by atoms with van der Waals surface area (Å²) in [6, 6.07) is 44.8. The van der Waals surface area contributed by atoms with E-state index in [0.717, 1.165) is 51.0 Å². The number of carbonyl (C=O) groups is 1. The molecule has 1 aromatic heterocycles. The molecule has 1 heterocycles. The summed E-state index contributed by atoms with van der Waals surface area (Å²) in [4.78, 5) is 12.4. The molecule has 0 spiro atoms. The second-order valence-electron chi connectivity index (χ2n) is 9.98. The van der Waals surface area contributed by atoms with Crippen molar-refractivity contribution < 1.29 is 18.7 Å². The molecule has 4 heteroatoms. The van der Waals surface area contributed by atoms with E-state index in [9.17, 15) is 4.79 Å². The van der Waals surface area contributed by atoms with Gasteiger partial charge in [-0.15, -0.1) is 0 Å². The van der Waals surface area contributed by atoms with Crippen LogP contribution in [0.1, 0.15) is 16.9 Å². The van der Waals surface area contributed by atoms with Crippen LogP contribution in [0.2, 0.25) is 0 Å². The van der Waals surface area contributed by atoms with Gasteiger partial charge in [0.15, 0.2) is 6.10 Å². The van der Waals surface area contributed by atoms with E-state index < -0.39 is 12.1 Å². The van der Waals surface area contributed by atoms with Crippen molar-refractivity contribution in [1.29, 1.82) is 0 Å². The maximum absolute atomic E-state index is 12.4. The minimum atomic E-state index is -0.720. The molecule has 1 atom stereocenters. The second-order valence-corrected chi connectivity index (χ2v) is 9.98. The number of ether oxygens (including phenoxy) is 2. The zero-order chi connectivity index (χ0) is 28.0. The Balaban J connectivity index is 1.23. The Morgan fingerprint density at radius 3 is 1.88 bits per heavy atom. The molecule has 0 saturated carbocycles. The number of methoxy groups -OCH3 is 1. The van der Waals surface area contributed by atoms with Gasteiger partial charge in [-0.3, -0.25) is 0 Å². The number of rotatable bonds is 9. The lowest BCUT2D eigenvalue weighted by molar-refractivity contribution is -0.148. The standard InChI is InChI=1S/C37H30O4/c1-39-37(38)35(25-27-12-6-3-7-13-27)40-31-22-20-29(21-23-31)28-16-18-30(19-17-28)36-32-14-8-9-15-33(32)41-34(36)24-26-10-4-2-5-11-26/h2-23,35H,24-25H2,1H3. The molecule has 5 aromatic carbocycles. The van der Waals surface area contributed by atoms with E-state index >= 15 is 0 Å². The fourth-order valence-corrected chi connectivity index (χ4v) is 5.17. The number of benzene rings is 5. The lowest BCUT2D eigenvalue weighted by Gasteiger charge is -2.17. The van der Waals surface area contributed by atoms with Crippen molar-refractivity contribution >= 4 is 16.9 Å². The first-order valence-electron chi connectivity index (χ1n) is 13.7. The number of furan rings is 1. The monoisotopic (exact) mass is 538 g/mol. The fraction of sp³-hybridized carbons (Fsp3) is 0.108. The first-order valence-corrected chi connectivity index (χ1v) is 13.7. The van der Waals surface area contributed by atoms with Crippen molar-refractivity contribution in [2.75, 3.05) is 7.11 Å². The Hall–Kier alpha value is -5.09. The van der Waals surface area contributed by atoms with Crippen LogP contribution in [-0.4, -0.2) is 19.2 Å². The number of para-hydroxylation sites is 1. The first kappa shape index (κ1) is 26.1. The molecule has 0 saturated heterocycles. The molecule has 0 amide bonds. The van der Waals surface area contributed by atoms with Crippen LogP contribution in [0.5, 0.6) is 5.75 Å². The van der Waals surface area contributed by atoms with Crippen LogP contribution in [0.15, 0.2) is 138 Å². The summed E-state index contributed by atoms with van der Waals surface area (Å²) in [7, 11) is 1.38. The highest BCUT2D eigenvalue weighted by Gasteiger charge is 2.22. The van der Waals surface area contributed by atoms with Crippen LogP contribution in [-0.2, 0) is 22.4 Å². The Morgan fingerprint density at radius 2 is 1.22 bits per heavy atom. The predicted molar refractivity (Wildman–Crippen MR) is 163 cm³/mol.